The van der Waals surface area contributed by atoms with E-state index in [1.807, 2.05) is 21.1 Å². The molecule has 0 saturated carbocycles. The van der Waals surface area contributed by atoms with E-state index in [0.717, 1.165) is 77.0 Å². The molecule has 0 aromatic rings. The third-order valence-electron chi connectivity index (χ3n) is 9.99. The number of ether oxygens (including phenoxy) is 2. The first kappa shape index (κ1) is 57.9. The summed E-state index contributed by atoms with van der Waals surface area (Å²) in [7, 11) is 1.34. The van der Waals surface area contributed by atoms with E-state index in [1.165, 1.54) is 89.9 Å². The number of phosphoric acid groups is 1. The van der Waals surface area contributed by atoms with Crippen LogP contribution in [0.1, 0.15) is 187 Å². The highest BCUT2D eigenvalue weighted by molar-refractivity contribution is 7.45. The fourth-order valence-corrected chi connectivity index (χ4v) is 6.99. The van der Waals surface area contributed by atoms with Gasteiger partial charge in [0.1, 0.15) is 19.3 Å². The molecule has 0 heterocycles. The van der Waals surface area contributed by atoms with Crippen LogP contribution in [0.4, 0.5) is 0 Å². The summed E-state index contributed by atoms with van der Waals surface area (Å²) in [5, 5.41) is 0. The molecule has 0 N–H and O–H groups in total. The Morgan fingerprint density at radius 2 is 0.967 bits per heavy atom. The summed E-state index contributed by atoms with van der Waals surface area (Å²) in [6.45, 7) is 5.23. The van der Waals surface area contributed by atoms with E-state index in [4.69, 9.17) is 18.5 Å². The van der Waals surface area contributed by atoms with Crippen LogP contribution in [0, 0.1) is 0 Å². The highest BCUT2D eigenvalue weighted by Crippen LogP contribution is 2.38. The van der Waals surface area contributed by atoms with Crippen LogP contribution < -0.4 is 4.89 Å². The molecule has 0 radical (unpaired) electrons. The van der Waals surface area contributed by atoms with Crippen molar-refractivity contribution in [3.8, 4) is 0 Å². The third-order valence-corrected chi connectivity index (χ3v) is 11.0. The lowest BCUT2D eigenvalue weighted by atomic mass is 10.0. The maximum absolute atomic E-state index is 12.7. The van der Waals surface area contributed by atoms with Gasteiger partial charge in [-0.15, -0.1) is 0 Å². The van der Waals surface area contributed by atoms with Crippen LogP contribution in [0.2, 0.25) is 0 Å². The Kier molecular flexibility index (Phi) is 42.1. The summed E-state index contributed by atoms with van der Waals surface area (Å²) < 4.78 is 34.7. The summed E-state index contributed by atoms with van der Waals surface area (Å²) in [5.41, 5.74) is 0. The van der Waals surface area contributed by atoms with E-state index < -0.39 is 13.9 Å². The zero-order chi connectivity index (χ0) is 44.1. The number of likely N-dealkylation sites (N-methyl/N-ethyl adjacent to an activating group) is 1. The first-order chi connectivity index (χ1) is 29.1. The van der Waals surface area contributed by atoms with Crippen molar-refractivity contribution in [2.75, 3.05) is 54.1 Å². The number of nitrogens with zero attached hydrogens (tertiary/aromatic N) is 1. The van der Waals surface area contributed by atoms with Crippen LogP contribution in [0.3, 0.4) is 0 Å². The van der Waals surface area contributed by atoms with Crippen molar-refractivity contribution in [2.45, 2.75) is 193 Å². The van der Waals surface area contributed by atoms with Gasteiger partial charge in [0.15, 0.2) is 0 Å². The van der Waals surface area contributed by atoms with Gasteiger partial charge in [0.2, 0.25) is 0 Å². The Balaban J connectivity index is 4.18. The minimum atomic E-state index is -4.54. The van der Waals surface area contributed by atoms with Gasteiger partial charge in [-0.1, -0.05) is 177 Å². The van der Waals surface area contributed by atoms with Gasteiger partial charge in [0.05, 0.1) is 34.4 Å². The molecule has 9 heteroatoms. The van der Waals surface area contributed by atoms with Crippen LogP contribution in [0.25, 0.3) is 0 Å². The quantitative estimate of drug-likeness (QED) is 0.0198. The van der Waals surface area contributed by atoms with Gasteiger partial charge in [-0.2, -0.15) is 0 Å². The summed E-state index contributed by atoms with van der Waals surface area (Å²) in [5.74, 6) is -0.345. The van der Waals surface area contributed by atoms with Crippen molar-refractivity contribution < 1.29 is 37.3 Å². The highest BCUT2D eigenvalue weighted by Gasteiger charge is 2.20. The number of esters is 1. The lowest BCUT2D eigenvalue weighted by Gasteiger charge is -2.28. The number of allylic oxidation sites excluding steroid dienone is 12. The second kappa shape index (κ2) is 43.6. The molecular formula is C51H92NO7P. The maximum atomic E-state index is 12.7. The molecular weight excluding hydrogens is 770 g/mol. The van der Waals surface area contributed by atoms with Crippen LogP contribution in [-0.4, -0.2) is 70.7 Å². The zero-order valence-corrected chi connectivity index (χ0v) is 40.3. The average molecular weight is 862 g/mol. The minimum absolute atomic E-state index is 0.0198. The molecule has 0 aromatic carbocycles. The molecule has 60 heavy (non-hydrogen) atoms. The smallest absolute Gasteiger partial charge is 0.306 e. The van der Waals surface area contributed by atoms with Crippen LogP contribution in [0.5, 0.6) is 0 Å². The Bertz CT molecular complexity index is 1190. The Morgan fingerprint density at radius 3 is 1.45 bits per heavy atom. The summed E-state index contributed by atoms with van der Waals surface area (Å²) in [6.07, 6.45) is 56.3. The molecule has 0 saturated heterocycles. The molecule has 0 bridgehead atoms. The Labute approximate surface area is 370 Å². The molecule has 0 aliphatic rings. The summed E-state index contributed by atoms with van der Waals surface area (Å²) >= 11 is 0. The average Bonchev–Trinajstić information content (AvgIpc) is 3.20. The van der Waals surface area contributed by atoms with Crippen LogP contribution >= 0.6 is 7.82 Å². The zero-order valence-electron chi connectivity index (χ0n) is 39.4. The van der Waals surface area contributed by atoms with Crippen molar-refractivity contribution in [2.24, 2.45) is 0 Å². The van der Waals surface area contributed by atoms with Crippen molar-refractivity contribution in [1.82, 2.24) is 0 Å². The topological polar surface area (TPSA) is 94.1 Å². The SMILES string of the molecule is CC/C=C\C/C=C\C/C=C\C/C=C\CCCCCCCCCCCCC(=O)OC(COCCCCCCCC/C=C\C/C=C\CCCC)COP(=O)([O-])OCC[N+](C)(C)C. The molecule has 0 aromatic heterocycles. The molecule has 2 atom stereocenters. The van der Waals surface area contributed by atoms with Crippen molar-refractivity contribution in [3.63, 3.8) is 0 Å². The van der Waals surface area contributed by atoms with Crippen LogP contribution in [0.15, 0.2) is 72.9 Å². The Hall–Kier alpha value is -2.06. The first-order valence-electron chi connectivity index (χ1n) is 24.2. The number of unbranched alkanes of at least 4 members (excludes halogenated alkanes) is 18. The van der Waals surface area contributed by atoms with Gasteiger partial charge < -0.3 is 27.9 Å². The molecule has 0 rings (SSSR count). The van der Waals surface area contributed by atoms with Crippen LogP contribution in [-0.2, 0) is 27.9 Å². The number of quaternary nitrogens is 1. The van der Waals surface area contributed by atoms with Crippen molar-refractivity contribution in [1.29, 1.82) is 0 Å². The van der Waals surface area contributed by atoms with E-state index in [0.29, 0.717) is 24.1 Å². The standard InChI is InChI=1S/C51H92NO7P/c1-6-8-10-12-14-16-18-20-22-23-24-25-26-27-28-29-30-32-34-36-38-40-42-44-51(53)59-50(49-58-60(54,55)57-47-45-52(3,4)5)48-56-46-43-41-39-37-35-33-31-21-19-17-15-13-11-9-7-2/h8,10,13-16,19-22,24-25,50H,6-7,9,11-12,17-18,23,26-49H2,1-5H3/b10-8-,15-13-,16-14-,21-19-,22-20-,25-24-. The second-order valence-electron chi connectivity index (χ2n) is 17.1. The normalized spacial score (nSPS) is 14.3. The van der Waals surface area contributed by atoms with Crippen molar-refractivity contribution in [3.05, 3.63) is 72.9 Å². The fraction of sp³-hybridized carbons (Fsp3) is 0.745. The third kappa shape index (κ3) is 47.0. The molecule has 0 aliphatic carbocycles. The van der Waals surface area contributed by atoms with Crippen molar-refractivity contribution >= 4 is 13.8 Å². The summed E-state index contributed by atoms with van der Waals surface area (Å²) in [4.78, 5) is 25.1. The molecule has 0 fully saturated rings. The number of rotatable bonds is 44. The fourth-order valence-electron chi connectivity index (χ4n) is 6.26. The molecule has 2 unspecified atom stereocenters. The molecule has 0 spiro atoms. The largest absolute Gasteiger partial charge is 0.756 e. The van der Waals surface area contributed by atoms with E-state index >= 15 is 0 Å². The van der Waals surface area contributed by atoms with Gasteiger partial charge in [-0.3, -0.25) is 9.36 Å². The predicted molar refractivity (Wildman–Crippen MR) is 254 cm³/mol. The summed E-state index contributed by atoms with van der Waals surface area (Å²) in [6, 6.07) is 0. The van der Waals surface area contributed by atoms with E-state index in [2.05, 4.69) is 86.8 Å². The Morgan fingerprint density at radius 1 is 0.533 bits per heavy atom. The van der Waals surface area contributed by atoms with Gasteiger partial charge in [-0.05, 0) is 77.0 Å². The van der Waals surface area contributed by atoms with Gasteiger partial charge >= 0.3 is 5.97 Å². The van der Waals surface area contributed by atoms with E-state index in [9.17, 15) is 14.3 Å². The van der Waals surface area contributed by atoms with Gasteiger partial charge in [0, 0.05) is 13.0 Å². The number of phosphoric ester groups is 1. The maximum Gasteiger partial charge on any atom is 0.306 e. The highest BCUT2D eigenvalue weighted by atomic mass is 31.2. The van der Waals surface area contributed by atoms with Gasteiger partial charge in [0.25, 0.3) is 7.82 Å². The molecule has 348 valence electrons. The molecule has 8 nitrogen and oxygen atoms in total. The lowest BCUT2D eigenvalue weighted by molar-refractivity contribution is -0.870. The van der Waals surface area contributed by atoms with Gasteiger partial charge in [-0.25, -0.2) is 0 Å². The number of hydrogen-bond donors (Lipinski definition) is 0. The second-order valence-corrected chi connectivity index (χ2v) is 18.5. The lowest BCUT2D eigenvalue weighted by Crippen LogP contribution is -2.37. The molecule has 0 aliphatic heterocycles. The minimum Gasteiger partial charge on any atom is -0.756 e. The number of carbonyl (C=O) groups is 1. The first-order valence-corrected chi connectivity index (χ1v) is 25.6. The monoisotopic (exact) mass is 862 g/mol. The number of carbonyl (C=O) groups excluding carboxylic acids is 1. The van der Waals surface area contributed by atoms with E-state index in [-0.39, 0.29) is 25.8 Å². The molecule has 0 amide bonds. The number of hydrogen-bond acceptors (Lipinski definition) is 7. The van der Waals surface area contributed by atoms with E-state index in [1.54, 1.807) is 0 Å². The predicted octanol–water partition coefficient (Wildman–Crippen LogP) is 14.0.